The minimum atomic E-state index is 1.02. The van der Waals surface area contributed by atoms with Gasteiger partial charge in [0.2, 0.25) is 0 Å². The molecule has 0 unspecified atom stereocenters. The molecule has 0 aliphatic carbocycles. The van der Waals surface area contributed by atoms with Crippen molar-refractivity contribution in [1.82, 2.24) is 5.32 Å². The summed E-state index contributed by atoms with van der Waals surface area (Å²) in [6.45, 7) is 8.92. The lowest BCUT2D eigenvalue weighted by Gasteiger charge is -2.01. The first-order valence-electron chi connectivity index (χ1n) is 4.32. The average Bonchev–Trinajstić information content (AvgIpc) is 1.99. The number of rotatable bonds is 6. The molecule has 0 aliphatic heterocycles. The molecule has 1 heteroatoms. The van der Waals surface area contributed by atoms with Crippen LogP contribution < -0.4 is 5.32 Å². The van der Waals surface area contributed by atoms with Crippen molar-refractivity contribution < 1.29 is 0 Å². The predicted molar refractivity (Wildman–Crippen MR) is 51.5 cm³/mol. The molecule has 0 spiro atoms. The summed E-state index contributed by atoms with van der Waals surface area (Å²) in [6.07, 6.45) is 7.70. The Hall–Kier alpha value is -0.720. The summed E-state index contributed by atoms with van der Waals surface area (Å²) in [4.78, 5) is 0. The van der Waals surface area contributed by atoms with Gasteiger partial charge >= 0.3 is 0 Å². The van der Waals surface area contributed by atoms with E-state index in [1.54, 1.807) is 0 Å². The summed E-state index contributed by atoms with van der Waals surface area (Å²) in [7, 11) is 0. The van der Waals surface area contributed by atoms with Gasteiger partial charge in [0.1, 0.15) is 0 Å². The number of unbranched alkanes of at least 4 members (excludes halogenated alkanes) is 2. The minimum absolute atomic E-state index is 1.02. The molecule has 0 amide bonds. The van der Waals surface area contributed by atoms with E-state index in [1.165, 1.54) is 12.1 Å². The highest BCUT2D eigenvalue weighted by Gasteiger charge is 1.84. The highest BCUT2D eigenvalue weighted by atomic mass is 14.8. The van der Waals surface area contributed by atoms with Crippen LogP contribution >= 0.6 is 0 Å². The zero-order valence-corrected chi connectivity index (χ0v) is 7.69. The molecular weight excluding hydrogens is 134 g/mol. The maximum atomic E-state index is 3.68. The molecule has 0 radical (unpaired) electrons. The van der Waals surface area contributed by atoms with Gasteiger partial charge in [0, 0.05) is 12.2 Å². The third-order valence-corrected chi connectivity index (χ3v) is 1.52. The zero-order chi connectivity index (χ0) is 8.53. The molecule has 0 aromatic rings. The molecule has 0 saturated carbocycles. The van der Waals surface area contributed by atoms with Gasteiger partial charge in [0.05, 0.1) is 0 Å². The van der Waals surface area contributed by atoms with Crippen molar-refractivity contribution in [3.05, 3.63) is 24.4 Å². The van der Waals surface area contributed by atoms with Crippen LogP contribution in [0.25, 0.3) is 0 Å². The number of hydrogen-bond donors (Lipinski definition) is 1. The lowest BCUT2D eigenvalue weighted by molar-refractivity contribution is 0.814. The third-order valence-electron chi connectivity index (χ3n) is 1.52. The first-order chi connectivity index (χ1) is 5.31. The molecule has 0 bridgehead atoms. The fraction of sp³-hybridized carbons (Fsp3) is 0.600. The lowest BCUT2D eigenvalue weighted by atomic mass is 10.2. The quantitative estimate of drug-likeness (QED) is 0.457. The summed E-state index contributed by atoms with van der Waals surface area (Å²) < 4.78 is 0. The van der Waals surface area contributed by atoms with Crippen LogP contribution in [-0.4, -0.2) is 6.54 Å². The van der Waals surface area contributed by atoms with Gasteiger partial charge in [0.15, 0.2) is 0 Å². The maximum Gasteiger partial charge on any atom is 0.0115 e. The van der Waals surface area contributed by atoms with Gasteiger partial charge in [-0.25, -0.2) is 0 Å². The van der Waals surface area contributed by atoms with E-state index in [9.17, 15) is 0 Å². The SMILES string of the molecule is C=CCCC/C=C(\C)NCC. The number of allylic oxidation sites excluding steroid dienone is 3. The van der Waals surface area contributed by atoms with Crippen molar-refractivity contribution in [2.75, 3.05) is 6.54 Å². The second kappa shape index (κ2) is 7.39. The van der Waals surface area contributed by atoms with Crippen LogP contribution in [0.15, 0.2) is 24.4 Å². The highest BCUT2D eigenvalue weighted by Crippen LogP contribution is 1.99. The maximum absolute atomic E-state index is 3.68. The molecule has 0 aromatic heterocycles. The Labute approximate surface area is 70.2 Å². The molecule has 64 valence electrons. The van der Waals surface area contributed by atoms with Crippen LogP contribution in [0.3, 0.4) is 0 Å². The van der Waals surface area contributed by atoms with E-state index in [0.29, 0.717) is 0 Å². The Bertz CT molecular complexity index is 125. The summed E-state index contributed by atoms with van der Waals surface area (Å²) in [6, 6.07) is 0. The molecule has 1 N–H and O–H groups in total. The Morgan fingerprint density at radius 2 is 2.18 bits per heavy atom. The van der Waals surface area contributed by atoms with Crippen LogP contribution in [0, 0.1) is 0 Å². The topological polar surface area (TPSA) is 12.0 Å². The summed E-state index contributed by atoms with van der Waals surface area (Å²) in [5.74, 6) is 0. The van der Waals surface area contributed by atoms with Crippen LogP contribution in [0.4, 0.5) is 0 Å². The van der Waals surface area contributed by atoms with Crippen molar-refractivity contribution in [2.24, 2.45) is 0 Å². The van der Waals surface area contributed by atoms with Gasteiger partial charge < -0.3 is 5.32 Å². The zero-order valence-electron chi connectivity index (χ0n) is 7.69. The minimum Gasteiger partial charge on any atom is -0.389 e. The number of nitrogens with one attached hydrogen (secondary N) is 1. The Balaban J connectivity index is 3.31. The van der Waals surface area contributed by atoms with Crippen molar-refractivity contribution >= 4 is 0 Å². The molecule has 0 atom stereocenters. The fourth-order valence-electron chi connectivity index (χ4n) is 0.932. The fourth-order valence-corrected chi connectivity index (χ4v) is 0.932. The lowest BCUT2D eigenvalue weighted by Crippen LogP contribution is -2.08. The van der Waals surface area contributed by atoms with Crippen molar-refractivity contribution in [2.45, 2.75) is 33.1 Å². The monoisotopic (exact) mass is 153 g/mol. The molecule has 1 nitrogen and oxygen atoms in total. The molecule has 0 saturated heterocycles. The molecule has 0 aromatic carbocycles. The molecule has 0 heterocycles. The van der Waals surface area contributed by atoms with Gasteiger partial charge in [-0.05, 0) is 33.1 Å². The van der Waals surface area contributed by atoms with Crippen molar-refractivity contribution in [1.29, 1.82) is 0 Å². The van der Waals surface area contributed by atoms with E-state index in [2.05, 4.69) is 31.8 Å². The van der Waals surface area contributed by atoms with E-state index in [1.807, 2.05) is 6.08 Å². The smallest absolute Gasteiger partial charge is 0.0115 e. The first kappa shape index (κ1) is 10.3. The highest BCUT2D eigenvalue weighted by molar-refractivity contribution is 4.94. The Kier molecular flexibility index (Phi) is 6.90. The van der Waals surface area contributed by atoms with Crippen LogP contribution in [-0.2, 0) is 0 Å². The normalized spacial score (nSPS) is 11.3. The first-order valence-corrected chi connectivity index (χ1v) is 4.32. The Morgan fingerprint density at radius 3 is 2.73 bits per heavy atom. The Morgan fingerprint density at radius 1 is 1.45 bits per heavy atom. The second-order valence-electron chi connectivity index (χ2n) is 2.64. The average molecular weight is 153 g/mol. The van der Waals surface area contributed by atoms with Crippen molar-refractivity contribution in [3.8, 4) is 0 Å². The van der Waals surface area contributed by atoms with E-state index in [4.69, 9.17) is 0 Å². The summed E-state index contributed by atoms with van der Waals surface area (Å²) in [5.41, 5.74) is 1.29. The van der Waals surface area contributed by atoms with Gasteiger partial charge in [-0.1, -0.05) is 12.2 Å². The largest absolute Gasteiger partial charge is 0.389 e. The van der Waals surface area contributed by atoms with Gasteiger partial charge in [-0.2, -0.15) is 0 Å². The van der Waals surface area contributed by atoms with Gasteiger partial charge in [0.25, 0.3) is 0 Å². The third kappa shape index (κ3) is 7.17. The van der Waals surface area contributed by atoms with E-state index >= 15 is 0 Å². The summed E-state index contributed by atoms with van der Waals surface area (Å²) >= 11 is 0. The van der Waals surface area contributed by atoms with E-state index in [-0.39, 0.29) is 0 Å². The van der Waals surface area contributed by atoms with Gasteiger partial charge in [-0.3, -0.25) is 0 Å². The molecule has 0 fully saturated rings. The predicted octanol–water partition coefficient (Wildman–Crippen LogP) is 2.86. The second-order valence-corrected chi connectivity index (χ2v) is 2.64. The molecule has 0 rings (SSSR count). The van der Waals surface area contributed by atoms with E-state index in [0.717, 1.165) is 19.4 Å². The molecule has 0 aliphatic rings. The van der Waals surface area contributed by atoms with Crippen molar-refractivity contribution in [3.63, 3.8) is 0 Å². The van der Waals surface area contributed by atoms with Crippen LogP contribution in [0.1, 0.15) is 33.1 Å². The standard InChI is InChI=1S/C10H19N/c1-4-6-7-8-9-10(3)11-5-2/h4,9,11H,1,5-8H2,2-3H3/b10-9+. The van der Waals surface area contributed by atoms with Crippen LogP contribution in [0.5, 0.6) is 0 Å². The summed E-state index contributed by atoms with van der Waals surface area (Å²) in [5, 5.41) is 3.26. The number of hydrogen-bond acceptors (Lipinski definition) is 1. The molecule has 11 heavy (non-hydrogen) atoms. The van der Waals surface area contributed by atoms with Gasteiger partial charge in [-0.15, -0.1) is 6.58 Å². The van der Waals surface area contributed by atoms with Crippen LogP contribution in [0.2, 0.25) is 0 Å². The molecular formula is C10H19N. The van der Waals surface area contributed by atoms with E-state index < -0.39 is 0 Å².